The Bertz CT molecular complexity index is 516. The van der Waals surface area contributed by atoms with Crippen LogP contribution in [0.3, 0.4) is 0 Å². The van der Waals surface area contributed by atoms with Gasteiger partial charge in [0.25, 0.3) is 0 Å². The van der Waals surface area contributed by atoms with Crippen LogP contribution in [0, 0.1) is 5.92 Å². The summed E-state index contributed by atoms with van der Waals surface area (Å²) >= 11 is 2.03. The SMILES string of the molecule is CNC(CSCC(C)C)c1cccc2ccccc12. The first-order valence-electron chi connectivity index (χ1n) is 6.95. The van der Waals surface area contributed by atoms with Crippen LogP contribution in [0.15, 0.2) is 42.5 Å². The second-order valence-electron chi connectivity index (χ2n) is 5.34. The minimum Gasteiger partial charge on any atom is -0.312 e. The van der Waals surface area contributed by atoms with Crippen LogP contribution in [-0.2, 0) is 0 Å². The van der Waals surface area contributed by atoms with Gasteiger partial charge in [-0.25, -0.2) is 0 Å². The maximum absolute atomic E-state index is 3.46. The molecular formula is C17H23NS. The Kier molecular flexibility index (Phi) is 5.29. The van der Waals surface area contributed by atoms with E-state index >= 15 is 0 Å². The smallest absolute Gasteiger partial charge is 0.0415 e. The van der Waals surface area contributed by atoms with Crippen molar-refractivity contribution in [1.29, 1.82) is 0 Å². The first-order valence-corrected chi connectivity index (χ1v) is 8.10. The highest BCUT2D eigenvalue weighted by molar-refractivity contribution is 7.99. The van der Waals surface area contributed by atoms with Crippen molar-refractivity contribution in [2.75, 3.05) is 18.6 Å². The lowest BCUT2D eigenvalue weighted by Crippen LogP contribution is -2.19. The molecule has 0 saturated heterocycles. The van der Waals surface area contributed by atoms with Crippen LogP contribution in [0.2, 0.25) is 0 Å². The second-order valence-corrected chi connectivity index (χ2v) is 6.42. The molecule has 2 rings (SSSR count). The summed E-state index contributed by atoms with van der Waals surface area (Å²) in [6.45, 7) is 4.55. The average Bonchev–Trinajstić information content (AvgIpc) is 2.43. The molecule has 102 valence electrons. The van der Waals surface area contributed by atoms with Gasteiger partial charge in [0.05, 0.1) is 0 Å². The first kappa shape index (κ1) is 14.4. The van der Waals surface area contributed by atoms with E-state index in [1.165, 1.54) is 22.1 Å². The van der Waals surface area contributed by atoms with Crippen LogP contribution in [0.5, 0.6) is 0 Å². The summed E-state index contributed by atoms with van der Waals surface area (Å²) in [6, 6.07) is 15.7. The molecule has 0 aliphatic heterocycles. The van der Waals surface area contributed by atoms with Crippen LogP contribution >= 0.6 is 11.8 Å². The maximum Gasteiger partial charge on any atom is 0.0415 e. The molecule has 0 bridgehead atoms. The zero-order chi connectivity index (χ0) is 13.7. The molecule has 0 saturated carbocycles. The highest BCUT2D eigenvalue weighted by atomic mass is 32.2. The fourth-order valence-corrected chi connectivity index (χ4v) is 3.49. The minimum absolute atomic E-state index is 0.426. The number of thioether (sulfide) groups is 1. The fraction of sp³-hybridized carbons (Fsp3) is 0.412. The molecule has 1 N–H and O–H groups in total. The van der Waals surface area contributed by atoms with Crippen molar-refractivity contribution in [3.8, 4) is 0 Å². The van der Waals surface area contributed by atoms with Crippen LogP contribution in [-0.4, -0.2) is 18.6 Å². The Labute approximate surface area is 120 Å². The molecule has 0 aromatic heterocycles. The molecule has 2 aromatic carbocycles. The van der Waals surface area contributed by atoms with Gasteiger partial charge in [-0.1, -0.05) is 56.3 Å². The summed E-state index contributed by atoms with van der Waals surface area (Å²) in [5, 5.41) is 6.16. The minimum atomic E-state index is 0.426. The van der Waals surface area contributed by atoms with E-state index in [0.29, 0.717) is 6.04 Å². The van der Waals surface area contributed by atoms with Gasteiger partial charge in [0, 0.05) is 11.8 Å². The molecule has 0 aliphatic carbocycles. The third-order valence-corrected chi connectivity index (χ3v) is 4.75. The van der Waals surface area contributed by atoms with Crippen molar-refractivity contribution >= 4 is 22.5 Å². The number of rotatable bonds is 6. The van der Waals surface area contributed by atoms with Crippen LogP contribution < -0.4 is 5.32 Å². The third-order valence-electron chi connectivity index (χ3n) is 3.28. The van der Waals surface area contributed by atoms with Crippen molar-refractivity contribution < 1.29 is 0 Å². The molecular weight excluding hydrogens is 250 g/mol. The lowest BCUT2D eigenvalue weighted by Gasteiger charge is -2.19. The molecule has 0 spiro atoms. The van der Waals surface area contributed by atoms with Gasteiger partial charge in [-0.05, 0) is 35.1 Å². The Morgan fingerprint density at radius 2 is 1.74 bits per heavy atom. The van der Waals surface area contributed by atoms with Crippen LogP contribution in [0.25, 0.3) is 10.8 Å². The van der Waals surface area contributed by atoms with E-state index in [-0.39, 0.29) is 0 Å². The second kappa shape index (κ2) is 6.97. The highest BCUT2D eigenvalue weighted by Gasteiger charge is 2.12. The quantitative estimate of drug-likeness (QED) is 0.832. The lowest BCUT2D eigenvalue weighted by molar-refractivity contribution is 0.664. The molecule has 0 aliphatic rings. The Morgan fingerprint density at radius 1 is 1.00 bits per heavy atom. The van der Waals surface area contributed by atoms with Gasteiger partial charge in [-0.2, -0.15) is 11.8 Å². The molecule has 2 aromatic rings. The number of fused-ring (bicyclic) bond motifs is 1. The molecule has 0 radical (unpaired) electrons. The fourth-order valence-electron chi connectivity index (χ4n) is 2.30. The standard InChI is InChI=1S/C17H23NS/c1-13(2)11-19-12-17(18-3)16-10-6-8-14-7-4-5-9-15(14)16/h4-10,13,17-18H,11-12H2,1-3H3. The maximum atomic E-state index is 3.46. The summed E-state index contributed by atoms with van der Waals surface area (Å²) < 4.78 is 0. The number of nitrogens with one attached hydrogen (secondary N) is 1. The molecule has 0 fully saturated rings. The summed E-state index contributed by atoms with van der Waals surface area (Å²) in [5.41, 5.74) is 1.41. The van der Waals surface area contributed by atoms with E-state index in [1.54, 1.807) is 0 Å². The van der Waals surface area contributed by atoms with E-state index < -0.39 is 0 Å². The van der Waals surface area contributed by atoms with Crippen molar-refractivity contribution in [2.45, 2.75) is 19.9 Å². The summed E-state index contributed by atoms with van der Waals surface area (Å²) in [5.74, 6) is 3.11. The molecule has 2 heteroatoms. The normalized spacial score (nSPS) is 13.1. The summed E-state index contributed by atoms with van der Waals surface area (Å²) in [6.07, 6.45) is 0. The zero-order valence-electron chi connectivity index (χ0n) is 12.0. The van der Waals surface area contributed by atoms with E-state index in [9.17, 15) is 0 Å². The van der Waals surface area contributed by atoms with Gasteiger partial charge in [-0.15, -0.1) is 0 Å². The highest BCUT2D eigenvalue weighted by Crippen LogP contribution is 2.26. The van der Waals surface area contributed by atoms with Gasteiger partial charge >= 0.3 is 0 Å². The van der Waals surface area contributed by atoms with E-state index in [4.69, 9.17) is 0 Å². The monoisotopic (exact) mass is 273 g/mol. The largest absolute Gasteiger partial charge is 0.312 e. The molecule has 1 unspecified atom stereocenters. The Morgan fingerprint density at radius 3 is 2.47 bits per heavy atom. The number of hydrogen-bond acceptors (Lipinski definition) is 2. The van der Waals surface area contributed by atoms with Crippen LogP contribution in [0.4, 0.5) is 0 Å². The molecule has 0 amide bonds. The van der Waals surface area contributed by atoms with E-state index in [2.05, 4.69) is 68.7 Å². The number of hydrogen-bond donors (Lipinski definition) is 1. The van der Waals surface area contributed by atoms with Gasteiger partial charge in [0.2, 0.25) is 0 Å². The van der Waals surface area contributed by atoms with E-state index in [1.807, 2.05) is 11.8 Å². The van der Waals surface area contributed by atoms with Gasteiger partial charge in [0.1, 0.15) is 0 Å². The average molecular weight is 273 g/mol. The van der Waals surface area contributed by atoms with Crippen molar-refractivity contribution in [3.63, 3.8) is 0 Å². The predicted molar refractivity (Wildman–Crippen MR) is 87.9 cm³/mol. The predicted octanol–water partition coefficient (Wildman–Crippen LogP) is 4.49. The van der Waals surface area contributed by atoms with Gasteiger partial charge < -0.3 is 5.32 Å². The molecule has 19 heavy (non-hydrogen) atoms. The topological polar surface area (TPSA) is 12.0 Å². The lowest BCUT2D eigenvalue weighted by atomic mass is 10.00. The summed E-state index contributed by atoms with van der Waals surface area (Å²) in [7, 11) is 2.06. The van der Waals surface area contributed by atoms with Gasteiger partial charge in [-0.3, -0.25) is 0 Å². The van der Waals surface area contributed by atoms with Gasteiger partial charge in [0.15, 0.2) is 0 Å². The molecule has 1 nitrogen and oxygen atoms in total. The zero-order valence-corrected chi connectivity index (χ0v) is 12.8. The molecule has 0 heterocycles. The van der Waals surface area contributed by atoms with E-state index in [0.717, 1.165) is 11.7 Å². The third kappa shape index (κ3) is 3.74. The van der Waals surface area contributed by atoms with Crippen molar-refractivity contribution in [2.24, 2.45) is 5.92 Å². The van der Waals surface area contributed by atoms with Crippen molar-refractivity contribution in [1.82, 2.24) is 5.32 Å². The van der Waals surface area contributed by atoms with Crippen LogP contribution in [0.1, 0.15) is 25.5 Å². The first-order chi connectivity index (χ1) is 9.22. The molecule has 1 atom stereocenters. The Hall–Kier alpha value is -0.990. The number of benzene rings is 2. The summed E-state index contributed by atoms with van der Waals surface area (Å²) in [4.78, 5) is 0. The van der Waals surface area contributed by atoms with Crippen molar-refractivity contribution in [3.05, 3.63) is 48.0 Å². The Balaban J connectivity index is 2.20.